The van der Waals surface area contributed by atoms with Crippen LogP contribution in [0, 0.1) is 0 Å². The fraction of sp³-hybridized carbons (Fsp3) is 0.615. The van der Waals surface area contributed by atoms with E-state index in [-0.39, 0.29) is 22.5 Å². The first kappa shape index (κ1) is 18.0. The Morgan fingerprint density at radius 2 is 2.10 bits per heavy atom. The van der Waals surface area contributed by atoms with Crippen molar-refractivity contribution in [2.75, 3.05) is 20.3 Å². The summed E-state index contributed by atoms with van der Waals surface area (Å²) in [5.74, 6) is -0.312. The lowest BCUT2D eigenvalue weighted by molar-refractivity contribution is 0.0940. The Balaban J connectivity index is 2.81. The van der Waals surface area contributed by atoms with E-state index >= 15 is 0 Å². The van der Waals surface area contributed by atoms with E-state index in [1.165, 1.54) is 12.3 Å². The highest BCUT2D eigenvalue weighted by Gasteiger charge is 2.20. The molecule has 1 heterocycles. The predicted octanol–water partition coefficient (Wildman–Crippen LogP) is 2.15. The molecule has 0 saturated carbocycles. The molecule has 8 heteroatoms. The van der Waals surface area contributed by atoms with E-state index in [0.717, 1.165) is 12.8 Å². The molecule has 21 heavy (non-hydrogen) atoms. The summed E-state index contributed by atoms with van der Waals surface area (Å²) in [4.78, 5) is 12.1. The molecule has 120 valence electrons. The molecule has 0 aliphatic heterocycles. The molecule has 0 unspecified atom stereocenters. The van der Waals surface area contributed by atoms with Crippen LogP contribution in [0.2, 0.25) is 0 Å². The van der Waals surface area contributed by atoms with Crippen LogP contribution in [0.3, 0.4) is 0 Å². The summed E-state index contributed by atoms with van der Waals surface area (Å²) in [5.41, 5.74) is 0.288. The summed E-state index contributed by atoms with van der Waals surface area (Å²) < 4.78 is 29.3. The highest BCUT2D eigenvalue weighted by atomic mass is 35.7. The number of ether oxygens (including phenoxy) is 1. The second kappa shape index (κ2) is 7.82. The molecule has 0 aliphatic carbocycles. The van der Waals surface area contributed by atoms with Crippen LogP contribution in [-0.4, -0.2) is 39.2 Å². The van der Waals surface area contributed by atoms with E-state index in [0.29, 0.717) is 13.2 Å². The Morgan fingerprint density at radius 3 is 2.62 bits per heavy atom. The van der Waals surface area contributed by atoms with E-state index < -0.39 is 9.05 Å². The number of halogens is 1. The molecule has 0 atom stereocenters. The number of unbranched alkanes of at least 4 members (excludes halogenated alkanes) is 1. The third kappa shape index (κ3) is 5.33. The van der Waals surface area contributed by atoms with Crippen LogP contribution in [0.1, 0.15) is 43.2 Å². The van der Waals surface area contributed by atoms with Gasteiger partial charge in [-0.05, 0) is 32.8 Å². The van der Waals surface area contributed by atoms with Crippen molar-refractivity contribution >= 4 is 25.6 Å². The molecule has 0 fully saturated rings. The van der Waals surface area contributed by atoms with E-state index in [9.17, 15) is 13.2 Å². The first-order valence-electron chi connectivity index (χ1n) is 6.71. The molecule has 1 aromatic rings. The smallest absolute Gasteiger partial charge is 0.267 e. The normalized spacial score (nSPS) is 11.9. The Bertz CT molecular complexity index is 581. The molecule has 1 N–H and O–H groups in total. The highest BCUT2D eigenvalue weighted by molar-refractivity contribution is 8.13. The maximum atomic E-state index is 12.1. The van der Waals surface area contributed by atoms with Gasteiger partial charge in [-0.15, -0.1) is 0 Å². The first-order chi connectivity index (χ1) is 9.77. The molecule has 1 rings (SSSR count). The van der Waals surface area contributed by atoms with Crippen LogP contribution in [0.15, 0.2) is 17.2 Å². The fourth-order valence-electron chi connectivity index (χ4n) is 1.86. The SMILES string of the molecule is COCCCCNC(=O)c1cc(S(=O)(=O)Cl)cn1C(C)C. The van der Waals surface area contributed by atoms with Gasteiger partial charge >= 0.3 is 0 Å². The monoisotopic (exact) mass is 336 g/mol. The third-order valence-electron chi connectivity index (χ3n) is 2.95. The molecule has 6 nitrogen and oxygen atoms in total. The molecule has 0 saturated heterocycles. The summed E-state index contributed by atoms with van der Waals surface area (Å²) in [6.45, 7) is 4.88. The van der Waals surface area contributed by atoms with E-state index in [4.69, 9.17) is 15.4 Å². The van der Waals surface area contributed by atoms with Crippen LogP contribution in [0.5, 0.6) is 0 Å². The summed E-state index contributed by atoms with van der Waals surface area (Å²) in [7, 11) is 3.11. The molecule has 0 bridgehead atoms. The fourth-order valence-corrected chi connectivity index (χ4v) is 2.61. The van der Waals surface area contributed by atoms with Gasteiger partial charge < -0.3 is 14.6 Å². The van der Waals surface area contributed by atoms with Crippen molar-refractivity contribution in [2.45, 2.75) is 37.6 Å². The Hall–Kier alpha value is -1.05. The molecule has 0 aliphatic rings. The number of nitrogens with one attached hydrogen (secondary N) is 1. The van der Waals surface area contributed by atoms with Gasteiger partial charge in [0.15, 0.2) is 0 Å². The number of hydrogen-bond donors (Lipinski definition) is 1. The second-order valence-corrected chi connectivity index (χ2v) is 7.52. The van der Waals surface area contributed by atoms with Gasteiger partial charge in [0, 0.05) is 43.2 Å². The molecule has 0 radical (unpaired) electrons. The van der Waals surface area contributed by atoms with Gasteiger partial charge in [0.05, 0.1) is 0 Å². The number of methoxy groups -OCH3 is 1. The molecule has 1 amide bonds. The summed E-state index contributed by atoms with van der Waals surface area (Å²) in [6.07, 6.45) is 3.03. The number of nitrogens with zero attached hydrogens (tertiary/aromatic N) is 1. The van der Waals surface area contributed by atoms with Crippen molar-refractivity contribution in [3.63, 3.8) is 0 Å². The molecule has 1 aromatic heterocycles. The van der Waals surface area contributed by atoms with Crippen LogP contribution < -0.4 is 5.32 Å². The van der Waals surface area contributed by atoms with E-state index in [2.05, 4.69) is 5.32 Å². The average Bonchev–Trinajstić information content (AvgIpc) is 2.83. The first-order valence-corrected chi connectivity index (χ1v) is 9.02. The lowest BCUT2D eigenvalue weighted by Gasteiger charge is -2.12. The van der Waals surface area contributed by atoms with Crippen molar-refractivity contribution < 1.29 is 17.9 Å². The molecular formula is C13H21ClN2O4S. The zero-order valence-electron chi connectivity index (χ0n) is 12.4. The Labute approximate surface area is 129 Å². The van der Waals surface area contributed by atoms with Crippen LogP contribution in [0.25, 0.3) is 0 Å². The van der Waals surface area contributed by atoms with E-state index in [1.807, 2.05) is 13.8 Å². The topological polar surface area (TPSA) is 77.4 Å². The number of carbonyl (C=O) groups excluding carboxylic acids is 1. The van der Waals surface area contributed by atoms with Crippen LogP contribution >= 0.6 is 10.7 Å². The van der Waals surface area contributed by atoms with Gasteiger partial charge in [-0.2, -0.15) is 0 Å². The van der Waals surface area contributed by atoms with E-state index in [1.54, 1.807) is 11.7 Å². The number of aromatic nitrogens is 1. The van der Waals surface area contributed by atoms with Crippen molar-refractivity contribution in [3.05, 3.63) is 18.0 Å². The maximum absolute atomic E-state index is 12.1. The zero-order valence-corrected chi connectivity index (χ0v) is 14.0. The van der Waals surface area contributed by atoms with Crippen molar-refractivity contribution in [1.82, 2.24) is 9.88 Å². The number of carbonyl (C=O) groups is 1. The van der Waals surface area contributed by atoms with Gasteiger partial charge in [0.1, 0.15) is 10.6 Å². The lowest BCUT2D eigenvalue weighted by atomic mass is 10.3. The minimum absolute atomic E-state index is 0.0496. The minimum Gasteiger partial charge on any atom is -0.385 e. The van der Waals surface area contributed by atoms with Crippen molar-refractivity contribution in [2.24, 2.45) is 0 Å². The Morgan fingerprint density at radius 1 is 1.43 bits per heavy atom. The molecule has 0 spiro atoms. The largest absolute Gasteiger partial charge is 0.385 e. The van der Waals surface area contributed by atoms with Crippen LogP contribution in [0.4, 0.5) is 0 Å². The van der Waals surface area contributed by atoms with Gasteiger partial charge in [0.2, 0.25) is 0 Å². The van der Waals surface area contributed by atoms with Gasteiger partial charge in [-0.1, -0.05) is 0 Å². The Kier molecular flexibility index (Phi) is 6.70. The van der Waals surface area contributed by atoms with Gasteiger partial charge in [-0.3, -0.25) is 4.79 Å². The highest BCUT2D eigenvalue weighted by Crippen LogP contribution is 2.21. The number of rotatable bonds is 8. The quantitative estimate of drug-likeness (QED) is 0.583. The standard InChI is InChI=1S/C13H21ClN2O4S/c1-10(2)16-9-11(21(14,18)19)8-12(16)13(17)15-6-4-5-7-20-3/h8-10H,4-7H2,1-3H3,(H,15,17). The van der Waals surface area contributed by atoms with Crippen molar-refractivity contribution in [3.8, 4) is 0 Å². The number of amides is 1. The molecule has 0 aromatic carbocycles. The lowest BCUT2D eigenvalue weighted by Crippen LogP contribution is -2.27. The summed E-state index contributed by atoms with van der Waals surface area (Å²) in [5, 5.41) is 2.76. The predicted molar refractivity (Wildman–Crippen MR) is 81.3 cm³/mol. The van der Waals surface area contributed by atoms with Crippen LogP contribution in [-0.2, 0) is 13.8 Å². The molecular weight excluding hydrogens is 316 g/mol. The number of hydrogen-bond acceptors (Lipinski definition) is 4. The summed E-state index contributed by atoms with van der Waals surface area (Å²) in [6, 6.07) is 1.25. The average molecular weight is 337 g/mol. The van der Waals surface area contributed by atoms with Gasteiger partial charge in [0.25, 0.3) is 15.0 Å². The van der Waals surface area contributed by atoms with Crippen molar-refractivity contribution in [1.29, 1.82) is 0 Å². The third-order valence-corrected chi connectivity index (χ3v) is 4.28. The summed E-state index contributed by atoms with van der Waals surface area (Å²) >= 11 is 0. The zero-order chi connectivity index (χ0) is 16.0. The van der Waals surface area contributed by atoms with Gasteiger partial charge in [-0.25, -0.2) is 8.42 Å². The second-order valence-electron chi connectivity index (χ2n) is 4.96. The minimum atomic E-state index is -3.85. The maximum Gasteiger partial charge on any atom is 0.267 e.